The van der Waals surface area contributed by atoms with Crippen LogP contribution in [0.5, 0.6) is 0 Å². The van der Waals surface area contributed by atoms with E-state index in [1.807, 2.05) is 0 Å². The van der Waals surface area contributed by atoms with E-state index in [1.165, 1.54) is 12.3 Å². The molecule has 1 heterocycles. The Bertz CT molecular complexity index is 607. The summed E-state index contributed by atoms with van der Waals surface area (Å²) in [6.45, 7) is 1.76. The molecule has 1 aromatic carbocycles. The third-order valence-electron chi connectivity index (χ3n) is 2.90. The van der Waals surface area contributed by atoms with Crippen LogP contribution in [0.1, 0.15) is 24.4 Å². The summed E-state index contributed by atoms with van der Waals surface area (Å²) in [7, 11) is 1.68. The van der Waals surface area contributed by atoms with Crippen LogP contribution in [0.4, 0.5) is 17.6 Å². The Morgan fingerprint density at radius 3 is 2.60 bits per heavy atom. The van der Waals surface area contributed by atoms with Crippen molar-refractivity contribution < 1.29 is 22.0 Å². The van der Waals surface area contributed by atoms with Gasteiger partial charge in [0.25, 0.3) is 0 Å². The van der Waals surface area contributed by atoms with E-state index in [1.54, 1.807) is 14.0 Å². The van der Waals surface area contributed by atoms with Crippen LogP contribution in [-0.4, -0.2) is 12.0 Å². The van der Waals surface area contributed by atoms with Crippen molar-refractivity contribution >= 4 is 0 Å². The van der Waals surface area contributed by atoms with Crippen LogP contribution in [-0.2, 0) is 6.18 Å². The monoisotopic (exact) mass is 288 g/mol. The van der Waals surface area contributed by atoms with Gasteiger partial charge in [-0.25, -0.2) is 9.37 Å². The number of aromatic nitrogens is 1. The normalized spacial score (nSPS) is 13.5. The first-order valence-electron chi connectivity index (χ1n) is 5.83. The molecule has 108 valence electrons. The minimum absolute atomic E-state index is 0.0364. The van der Waals surface area contributed by atoms with Gasteiger partial charge in [0, 0.05) is 0 Å². The van der Waals surface area contributed by atoms with E-state index < -0.39 is 17.6 Å². The summed E-state index contributed by atoms with van der Waals surface area (Å²) in [5, 5.41) is 2.87. The first-order valence-corrected chi connectivity index (χ1v) is 5.83. The zero-order valence-electron chi connectivity index (χ0n) is 10.8. The predicted octanol–water partition coefficient (Wildman–Crippen LogP) is 3.78. The average Bonchev–Trinajstić information content (AvgIpc) is 2.86. The van der Waals surface area contributed by atoms with Gasteiger partial charge in [-0.05, 0) is 26.1 Å². The van der Waals surface area contributed by atoms with Crippen molar-refractivity contribution in [2.45, 2.75) is 19.1 Å². The van der Waals surface area contributed by atoms with E-state index >= 15 is 0 Å². The molecule has 1 unspecified atom stereocenters. The molecule has 0 aliphatic heterocycles. The zero-order valence-corrected chi connectivity index (χ0v) is 10.8. The minimum Gasteiger partial charge on any atom is -0.439 e. The van der Waals surface area contributed by atoms with Crippen LogP contribution in [0, 0.1) is 5.82 Å². The number of halogens is 4. The Balaban J connectivity index is 2.46. The number of oxazole rings is 1. The number of nitrogens with zero attached hydrogens (tertiary/aromatic N) is 1. The number of benzene rings is 1. The van der Waals surface area contributed by atoms with Crippen molar-refractivity contribution in [1.29, 1.82) is 0 Å². The molecule has 3 nitrogen and oxygen atoms in total. The van der Waals surface area contributed by atoms with Crippen molar-refractivity contribution in [2.24, 2.45) is 0 Å². The molecule has 0 fully saturated rings. The summed E-state index contributed by atoms with van der Waals surface area (Å²) in [5.41, 5.74) is -1.59. The first kappa shape index (κ1) is 14.5. The highest BCUT2D eigenvalue weighted by Gasteiger charge is 2.35. The van der Waals surface area contributed by atoms with E-state index in [0.717, 1.165) is 6.07 Å². The second-order valence-electron chi connectivity index (χ2n) is 4.24. The number of nitrogens with one attached hydrogen (secondary N) is 1. The summed E-state index contributed by atoms with van der Waals surface area (Å²) in [5.74, 6) is -1.12. The van der Waals surface area contributed by atoms with Crippen molar-refractivity contribution in [3.8, 4) is 11.3 Å². The molecule has 1 aromatic heterocycles. The van der Waals surface area contributed by atoms with E-state index in [4.69, 9.17) is 4.42 Å². The van der Waals surface area contributed by atoms with Crippen LogP contribution in [0.25, 0.3) is 11.3 Å². The van der Waals surface area contributed by atoms with Crippen LogP contribution >= 0.6 is 0 Å². The third kappa shape index (κ3) is 2.67. The lowest BCUT2D eigenvalue weighted by Crippen LogP contribution is -2.12. The van der Waals surface area contributed by atoms with Gasteiger partial charge >= 0.3 is 6.18 Å². The third-order valence-corrected chi connectivity index (χ3v) is 2.90. The topological polar surface area (TPSA) is 38.1 Å². The van der Waals surface area contributed by atoms with E-state index in [9.17, 15) is 17.6 Å². The molecule has 0 spiro atoms. The lowest BCUT2D eigenvalue weighted by molar-refractivity contribution is -0.139. The van der Waals surface area contributed by atoms with Gasteiger partial charge in [-0.15, -0.1) is 0 Å². The molecule has 20 heavy (non-hydrogen) atoms. The standard InChI is InChI=1S/C13H12F4N2O/c1-7(18-2)12-19-6-10(20-12)8-4-3-5-9(11(8)14)13(15,16)17/h3-7,18H,1-2H3. The number of rotatable bonds is 3. The maximum atomic E-state index is 13.9. The molecular weight excluding hydrogens is 276 g/mol. The van der Waals surface area contributed by atoms with Crippen LogP contribution in [0.3, 0.4) is 0 Å². The Morgan fingerprint density at radius 1 is 1.30 bits per heavy atom. The fourth-order valence-electron chi connectivity index (χ4n) is 1.68. The van der Waals surface area contributed by atoms with Gasteiger partial charge in [0.2, 0.25) is 5.89 Å². The zero-order chi connectivity index (χ0) is 14.9. The molecule has 0 saturated heterocycles. The molecule has 7 heteroatoms. The van der Waals surface area contributed by atoms with Crippen molar-refractivity contribution in [3.63, 3.8) is 0 Å². The van der Waals surface area contributed by atoms with Gasteiger partial charge < -0.3 is 9.73 Å². The molecule has 2 aromatic rings. The highest BCUT2D eigenvalue weighted by Crippen LogP contribution is 2.35. The second-order valence-corrected chi connectivity index (χ2v) is 4.24. The highest BCUT2D eigenvalue weighted by molar-refractivity contribution is 5.59. The maximum absolute atomic E-state index is 13.9. The molecule has 0 radical (unpaired) electrons. The molecule has 0 saturated carbocycles. The fourth-order valence-corrected chi connectivity index (χ4v) is 1.68. The minimum atomic E-state index is -4.75. The summed E-state index contributed by atoms with van der Waals surface area (Å²) < 4.78 is 57.1. The predicted molar refractivity (Wildman–Crippen MR) is 64.4 cm³/mol. The lowest BCUT2D eigenvalue weighted by atomic mass is 10.1. The lowest BCUT2D eigenvalue weighted by Gasteiger charge is -2.09. The summed E-state index contributed by atoms with van der Waals surface area (Å²) in [6, 6.07) is 2.81. The molecule has 1 N–H and O–H groups in total. The highest BCUT2D eigenvalue weighted by atomic mass is 19.4. The molecule has 0 bridgehead atoms. The summed E-state index contributed by atoms with van der Waals surface area (Å²) in [4.78, 5) is 3.92. The molecule has 2 rings (SSSR count). The molecule has 0 aliphatic rings. The van der Waals surface area contributed by atoms with E-state index in [0.29, 0.717) is 6.07 Å². The summed E-state index contributed by atoms with van der Waals surface area (Å²) >= 11 is 0. The number of alkyl halides is 3. The van der Waals surface area contributed by atoms with Crippen molar-refractivity contribution in [1.82, 2.24) is 10.3 Å². The Morgan fingerprint density at radius 2 is 2.00 bits per heavy atom. The second kappa shape index (κ2) is 5.24. The maximum Gasteiger partial charge on any atom is 0.419 e. The van der Waals surface area contributed by atoms with Gasteiger partial charge in [-0.2, -0.15) is 13.2 Å². The smallest absolute Gasteiger partial charge is 0.419 e. The SMILES string of the molecule is CNC(C)c1ncc(-c2cccc(C(F)(F)F)c2F)o1. The van der Waals surface area contributed by atoms with Crippen LogP contribution in [0.2, 0.25) is 0 Å². The number of hydrogen-bond acceptors (Lipinski definition) is 3. The quantitative estimate of drug-likeness (QED) is 0.873. The van der Waals surface area contributed by atoms with E-state index in [2.05, 4.69) is 10.3 Å². The molecule has 0 amide bonds. The van der Waals surface area contributed by atoms with Gasteiger partial charge in [0.05, 0.1) is 23.4 Å². The Kier molecular flexibility index (Phi) is 3.80. The Labute approximate surface area is 112 Å². The van der Waals surface area contributed by atoms with Crippen molar-refractivity contribution in [3.05, 3.63) is 41.7 Å². The van der Waals surface area contributed by atoms with Crippen LogP contribution < -0.4 is 5.32 Å². The van der Waals surface area contributed by atoms with Gasteiger partial charge in [-0.1, -0.05) is 6.07 Å². The van der Waals surface area contributed by atoms with Crippen molar-refractivity contribution in [2.75, 3.05) is 7.05 Å². The average molecular weight is 288 g/mol. The number of hydrogen-bond donors (Lipinski definition) is 1. The van der Waals surface area contributed by atoms with Gasteiger partial charge in [0.15, 0.2) is 5.76 Å². The van der Waals surface area contributed by atoms with Gasteiger partial charge in [-0.3, -0.25) is 0 Å². The van der Waals surface area contributed by atoms with Gasteiger partial charge in [0.1, 0.15) is 5.82 Å². The molecule has 1 atom stereocenters. The van der Waals surface area contributed by atoms with E-state index in [-0.39, 0.29) is 23.3 Å². The Hall–Kier alpha value is -1.89. The largest absolute Gasteiger partial charge is 0.439 e. The first-order chi connectivity index (χ1) is 9.34. The summed E-state index contributed by atoms with van der Waals surface area (Å²) in [6.07, 6.45) is -3.54. The van der Waals surface area contributed by atoms with Crippen LogP contribution in [0.15, 0.2) is 28.8 Å². The molecule has 0 aliphatic carbocycles. The molecular formula is C13H12F4N2O. The fraction of sp³-hybridized carbons (Fsp3) is 0.308.